The van der Waals surface area contributed by atoms with Gasteiger partial charge < -0.3 is 0 Å². The third-order valence-electron chi connectivity index (χ3n) is 7.44. The van der Waals surface area contributed by atoms with Gasteiger partial charge in [-0.15, -0.1) is 0 Å². The summed E-state index contributed by atoms with van der Waals surface area (Å²) in [5.74, 6) is 0. The first-order valence-electron chi connectivity index (χ1n) is 14.0. The van der Waals surface area contributed by atoms with Gasteiger partial charge in [-0.2, -0.15) is 0 Å². The van der Waals surface area contributed by atoms with Gasteiger partial charge in [0.2, 0.25) is 0 Å². The van der Waals surface area contributed by atoms with Crippen molar-refractivity contribution in [2.45, 2.75) is 130 Å². The van der Waals surface area contributed by atoms with Crippen LogP contribution in [0.4, 0.5) is 0 Å². The Labute approximate surface area is 199 Å². The van der Waals surface area contributed by atoms with Crippen molar-refractivity contribution in [1.29, 1.82) is 0 Å². The van der Waals surface area contributed by atoms with Crippen molar-refractivity contribution in [2.75, 3.05) is 0 Å². The highest BCUT2D eigenvalue weighted by Gasteiger charge is 2.21. The lowest BCUT2D eigenvalue weighted by Gasteiger charge is -2.11. The van der Waals surface area contributed by atoms with Gasteiger partial charge in [-0.05, 0) is 78.0 Å². The zero-order valence-electron chi connectivity index (χ0n) is 21.4. The molecule has 1 aliphatic carbocycles. The van der Waals surface area contributed by atoms with Crippen LogP contribution in [0, 0.1) is 6.92 Å². The molecule has 0 heterocycles. The van der Waals surface area contributed by atoms with E-state index >= 15 is 0 Å². The molecule has 176 valence electrons. The fourth-order valence-corrected chi connectivity index (χ4v) is 5.55. The standard InChI is InChI=1S/C32H48/c1-4-6-8-10-12-14-16-18-27-20-21-29-25-30-23-28(19-17-15-13-11-9-7-5-2)22-26(3)32(30)31(29)24-27/h20-24H,4-19,25H2,1-3H3. The molecule has 1 aliphatic rings. The third-order valence-corrected chi connectivity index (χ3v) is 7.44. The summed E-state index contributed by atoms with van der Waals surface area (Å²) in [5.41, 5.74) is 10.8. The van der Waals surface area contributed by atoms with Crippen molar-refractivity contribution in [3.8, 4) is 11.1 Å². The second-order valence-corrected chi connectivity index (χ2v) is 10.4. The highest BCUT2D eigenvalue weighted by Crippen LogP contribution is 2.40. The van der Waals surface area contributed by atoms with Gasteiger partial charge in [-0.1, -0.05) is 121 Å². The van der Waals surface area contributed by atoms with Crippen molar-refractivity contribution in [1.82, 2.24) is 0 Å². The molecule has 0 nitrogen and oxygen atoms in total. The maximum atomic E-state index is 2.52. The highest BCUT2D eigenvalue weighted by atomic mass is 14.2. The van der Waals surface area contributed by atoms with Gasteiger partial charge in [0.25, 0.3) is 0 Å². The lowest BCUT2D eigenvalue weighted by Crippen LogP contribution is -1.93. The van der Waals surface area contributed by atoms with Crippen molar-refractivity contribution in [3.05, 3.63) is 58.1 Å². The van der Waals surface area contributed by atoms with E-state index in [1.807, 2.05) is 0 Å². The fourth-order valence-electron chi connectivity index (χ4n) is 5.55. The third kappa shape index (κ3) is 7.50. The molecule has 0 aromatic heterocycles. The number of hydrogen-bond acceptors (Lipinski definition) is 0. The zero-order chi connectivity index (χ0) is 22.6. The fraction of sp³-hybridized carbons (Fsp3) is 0.625. The van der Waals surface area contributed by atoms with Gasteiger partial charge >= 0.3 is 0 Å². The summed E-state index contributed by atoms with van der Waals surface area (Å²) in [5, 5.41) is 0. The van der Waals surface area contributed by atoms with E-state index in [1.54, 1.807) is 22.3 Å². The molecule has 2 aromatic rings. The Hall–Kier alpha value is -1.56. The minimum Gasteiger partial charge on any atom is -0.0654 e. The first-order valence-corrected chi connectivity index (χ1v) is 14.0. The zero-order valence-corrected chi connectivity index (χ0v) is 21.4. The highest BCUT2D eigenvalue weighted by molar-refractivity contribution is 5.80. The Kier molecular flexibility index (Phi) is 10.9. The minimum absolute atomic E-state index is 1.13. The lowest BCUT2D eigenvalue weighted by molar-refractivity contribution is 0.589. The number of rotatable bonds is 16. The maximum Gasteiger partial charge on any atom is -0.00132 e. The SMILES string of the molecule is CCCCCCCCCc1cc(C)c2c(c1)Cc1ccc(CCCCCCCCC)cc1-2. The molecule has 0 amide bonds. The first-order chi connectivity index (χ1) is 15.7. The Bertz CT molecular complexity index is 813. The number of fused-ring (bicyclic) bond motifs is 3. The van der Waals surface area contributed by atoms with Crippen LogP contribution in [0.3, 0.4) is 0 Å². The van der Waals surface area contributed by atoms with Crippen LogP contribution in [0.15, 0.2) is 30.3 Å². The molecule has 0 bridgehead atoms. The topological polar surface area (TPSA) is 0 Å². The summed E-state index contributed by atoms with van der Waals surface area (Å²) >= 11 is 0. The first kappa shape index (κ1) is 25.1. The molecule has 0 radical (unpaired) electrons. The molecule has 0 aliphatic heterocycles. The van der Waals surface area contributed by atoms with E-state index in [4.69, 9.17) is 0 Å². The van der Waals surface area contributed by atoms with Gasteiger partial charge in [0.05, 0.1) is 0 Å². The van der Waals surface area contributed by atoms with Crippen LogP contribution in [0.1, 0.15) is 132 Å². The smallest absolute Gasteiger partial charge is 0.00132 e. The van der Waals surface area contributed by atoms with Crippen LogP contribution in [-0.2, 0) is 19.3 Å². The largest absolute Gasteiger partial charge is 0.0654 e. The predicted molar refractivity (Wildman–Crippen MR) is 143 cm³/mol. The maximum absolute atomic E-state index is 2.52. The summed E-state index contributed by atoms with van der Waals surface area (Å²) in [6.07, 6.45) is 23.1. The number of unbranched alkanes of at least 4 members (excludes halogenated alkanes) is 12. The van der Waals surface area contributed by atoms with Gasteiger partial charge in [0.15, 0.2) is 0 Å². The van der Waals surface area contributed by atoms with Crippen LogP contribution in [0.5, 0.6) is 0 Å². The second-order valence-electron chi connectivity index (χ2n) is 10.4. The Morgan fingerprint density at radius 1 is 0.562 bits per heavy atom. The normalized spacial score (nSPS) is 12.2. The monoisotopic (exact) mass is 432 g/mol. The molecule has 0 atom stereocenters. The van der Waals surface area contributed by atoms with Crippen LogP contribution >= 0.6 is 0 Å². The van der Waals surface area contributed by atoms with Crippen LogP contribution in [0.25, 0.3) is 11.1 Å². The van der Waals surface area contributed by atoms with Crippen LogP contribution in [0.2, 0.25) is 0 Å². The van der Waals surface area contributed by atoms with E-state index < -0.39 is 0 Å². The van der Waals surface area contributed by atoms with Gasteiger partial charge in [0, 0.05) is 0 Å². The summed E-state index contributed by atoms with van der Waals surface area (Å²) in [6, 6.07) is 12.3. The Morgan fingerprint density at radius 2 is 1.12 bits per heavy atom. The number of aryl methyl sites for hydroxylation is 3. The molecular weight excluding hydrogens is 384 g/mol. The van der Waals surface area contributed by atoms with E-state index in [0.717, 1.165) is 6.42 Å². The Balaban J connectivity index is 1.50. The molecule has 0 fully saturated rings. The molecule has 0 saturated heterocycles. The van der Waals surface area contributed by atoms with E-state index in [9.17, 15) is 0 Å². The van der Waals surface area contributed by atoms with E-state index in [-0.39, 0.29) is 0 Å². The molecule has 2 aromatic carbocycles. The van der Waals surface area contributed by atoms with E-state index in [1.165, 1.54) is 119 Å². The van der Waals surface area contributed by atoms with Gasteiger partial charge in [-0.25, -0.2) is 0 Å². The summed E-state index contributed by atoms with van der Waals surface area (Å²) in [4.78, 5) is 0. The van der Waals surface area contributed by atoms with Crippen molar-refractivity contribution >= 4 is 0 Å². The lowest BCUT2D eigenvalue weighted by atomic mass is 9.94. The molecular formula is C32H48. The molecule has 0 N–H and O–H groups in total. The van der Waals surface area contributed by atoms with Crippen molar-refractivity contribution in [2.24, 2.45) is 0 Å². The van der Waals surface area contributed by atoms with E-state index in [2.05, 4.69) is 51.1 Å². The second kappa shape index (κ2) is 13.9. The average Bonchev–Trinajstić information content (AvgIpc) is 3.16. The molecule has 0 saturated carbocycles. The Morgan fingerprint density at radius 3 is 1.75 bits per heavy atom. The van der Waals surface area contributed by atoms with Crippen LogP contribution in [-0.4, -0.2) is 0 Å². The summed E-state index contributed by atoms with van der Waals surface area (Å²) < 4.78 is 0. The molecule has 0 heteroatoms. The van der Waals surface area contributed by atoms with Crippen molar-refractivity contribution in [3.63, 3.8) is 0 Å². The quantitative estimate of drug-likeness (QED) is 0.197. The molecule has 3 rings (SSSR count). The minimum atomic E-state index is 1.13. The predicted octanol–water partition coefficient (Wildman–Crippen LogP) is 10.2. The van der Waals surface area contributed by atoms with Crippen molar-refractivity contribution < 1.29 is 0 Å². The molecule has 32 heavy (non-hydrogen) atoms. The van der Waals surface area contributed by atoms with E-state index in [0.29, 0.717) is 0 Å². The molecule has 0 unspecified atom stereocenters. The van der Waals surface area contributed by atoms with Gasteiger partial charge in [0.1, 0.15) is 0 Å². The summed E-state index contributed by atoms with van der Waals surface area (Å²) in [6.45, 7) is 6.93. The summed E-state index contributed by atoms with van der Waals surface area (Å²) in [7, 11) is 0. The number of hydrogen-bond donors (Lipinski definition) is 0. The van der Waals surface area contributed by atoms with Gasteiger partial charge in [-0.3, -0.25) is 0 Å². The molecule has 0 spiro atoms. The average molecular weight is 433 g/mol. The van der Waals surface area contributed by atoms with Crippen LogP contribution < -0.4 is 0 Å². The number of benzene rings is 2.